The van der Waals surface area contributed by atoms with Gasteiger partial charge in [0.25, 0.3) is 0 Å². The second-order valence-electron chi connectivity index (χ2n) is 6.79. The monoisotopic (exact) mass is 440 g/mol. The van der Waals surface area contributed by atoms with Gasteiger partial charge < -0.3 is 16.0 Å². The molecule has 2 aromatic rings. The van der Waals surface area contributed by atoms with Crippen LogP contribution in [0.3, 0.4) is 0 Å². The smallest absolute Gasteiger partial charge is 0.244 e. The highest BCUT2D eigenvalue weighted by atomic mass is 32.2. The number of carbonyl (C=O) groups is 1. The van der Waals surface area contributed by atoms with E-state index in [1.54, 1.807) is 12.1 Å². The lowest BCUT2D eigenvalue weighted by Gasteiger charge is -2.29. The number of nitrogens with two attached hydrogens (primary N) is 1. The number of rotatable bonds is 7. The molecular weight excluding hydrogens is 414 g/mol. The number of thioether (sulfide) groups is 1. The number of likely N-dealkylation sites (N-methyl/N-ethyl adjacent to an activating group) is 1. The molecule has 0 unspecified atom stereocenters. The van der Waals surface area contributed by atoms with Gasteiger partial charge in [0.05, 0.1) is 38.1 Å². The zero-order chi connectivity index (χ0) is 21.0. The number of carbonyl (C=O) groups excluding carboxylic acids is 1. The van der Waals surface area contributed by atoms with E-state index >= 15 is 0 Å². The maximum atomic E-state index is 12.8. The molecule has 158 valence electrons. The van der Waals surface area contributed by atoms with Gasteiger partial charge in [-0.1, -0.05) is 18.7 Å². The first kappa shape index (κ1) is 21.6. The van der Waals surface area contributed by atoms with Crippen molar-refractivity contribution in [1.29, 1.82) is 0 Å². The van der Waals surface area contributed by atoms with Crippen LogP contribution in [0.1, 0.15) is 6.92 Å². The average molecular weight is 441 g/mol. The van der Waals surface area contributed by atoms with E-state index in [4.69, 9.17) is 5.73 Å². The van der Waals surface area contributed by atoms with Gasteiger partial charge in [-0.15, -0.1) is 10.2 Å². The van der Waals surface area contributed by atoms with Gasteiger partial charge >= 0.3 is 0 Å². The van der Waals surface area contributed by atoms with Crippen molar-refractivity contribution in [2.75, 3.05) is 50.0 Å². The van der Waals surface area contributed by atoms with Crippen LogP contribution in [0.25, 0.3) is 0 Å². The Hall–Kier alpha value is -2.15. The van der Waals surface area contributed by atoms with Gasteiger partial charge in [0.15, 0.2) is 5.16 Å². The molecule has 0 bridgehead atoms. The number of nitrogens with zero attached hydrogens (tertiary/aromatic N) is 4. The molecule has 0 atom stereocenters. The number of amides is 1. The van der Waals surface area contributed by atoms with Crippen molar-refractivity contribution in [2.45, 2.75) is 23.5 Å². The maximum absolute atomic E-state index is 12.8. The Bertz CT molecular complexity index is 952. The summed E-state index contributed by atoms with van der Waals surface area (Å²) in [5.41, 5.74) is 6.29. The van der Waals surface area contributed by atoms with Gasteiger partial charge in [0.1, 0.15) is 6.54 Å². The zero-order valence-corrected chi connectivity index (χ0v) is 18.1. The second-order valence-corrected chi connectivity index (χ2v) is 9.96. The molecule has 1 saturated heterocycles. The fraction of sp³-hybridized carbons (Fsp3) is 0.471. The van der Waals surface area contributed by atoms with Crippen molar-refractivity contribution in [1.82, 2.24) is 19.1 Å². The average Bonchev–Trinajstić information content (AvgIpc) is 3.02. The minimum Gasteiger partial charge on any atom is -0.368 e. The van der Waals surface area contributed by atoms with Crippen LogP contribution in [-0.2, 0) is 21.4 Å². The zero-order valence-electron chi connectivity index (χ0n) is 16.5. The first-order valence-electron chi connectivity index (χ1n) is 9.34. The van der Waals surface area contributed by atoms with Gasteiger partial charge in [-0.3, -0.25) is 9.36 Å². The number of nitrogens with one attached hydrogen (secondary N) is 2. The van der Waals surface area contributed by atoms with Gasteiger partial charge in [-0.05, 0) is 30.0 Å². The molecule has 1 aromatic heterocycles. The Morgan fingerprint density at radius 1 is 1.24 bits per heavy atom. The summed E-state index contributed by atoms with van der Waals surface area (Å²) in [7, 11) is -1.47. The normalized spacial score (nSPS) is 16.1. The molecule has 1 amide bonds. The number of piperazine rings is 1. The summed E-state index contributed by atoms with van der Waals surface area (Å²) in [6.07, 6.45) is 0. The molecule has 1 fully saturated rings. The van der Waals surface area contributed by atoms with Crippen molar-refractivity contribution >= 4 is 39.3 Å². The SMILES string of the molecule is CCSc1nnc(N)n1CC(=O)Nc1ccc(S(=O)(=O)N2CC[NH+](C)CC2)cc1. The number of quaternary nitrogens is 1. The standard InChI is InChI=1S/C17H25N7O3S2/c1-3-28-17-21-20-16(18)24(17)12-15(25)19-13-4-6-14(7-5-13)29(26,27)23-10-8-22(2)9-11-23/h4-7H,3,8-12H2,1-2H3,(H2,18,20)(H,19,25)/p+1. The van der Waals surface area contributed by atoms with Crippen molar-refractivity contribution in [2.24, 2.45) is 0 Å². The quantitative estimate of drug-likeness (QED) is 0.478. The lowest BCUT2D eigenvalue weighted by Crippen LogP contribution is -3.12. The fourth-order valence-corrected chi connectivity index (χ4v) is 5.11. The number of nitrogen functional groups attached to an aromatic ring is 1. The Kier molecular flexibility index (Phi) is 6.77. The molecule has 0 radical (unpaired) electrons. The van der Waals surface area contributed by atoms with E-state index in [2.05, 4.69) is 22.6 Å². The molecule has 0 spiro atoms. The number of hydrogen-bond acceptors (Lipinski definition) is 7. The molecule has 0 aliphatic carbocycles. The number of anilines is 2. The lowest BCUT2D eigenvalue weighted by atomic mass is 10.3. The van der Waals surface area contributed by atoms with Gasteiger partial charge in [-0.2, -0.15) is 4.31 Å². The van der Waals surface area contributed by atoms with Crippen molar-refractivity contribution < 1.29 is 18.1 Å². The van der Waals surface area contributed by atoms with Crippen LogP contribution in [0.15, 0.2) is 34.3 Å². The topological polar surface area (TPSA) is 128 Å². The molecular formula is C17H26N7O3S2+. The predicted molar refractivity (Wildman–Crippen MR) is 111 cm³/mol. The summed E-state index contributed by atoms with van der Waals surface area (Å²) in [5.74, 6) is 0.656. The summed E-state index contributed by atoms with van der Waals surface area (Å²) in [6.45, 7) is 4.54. The minimum absolute atomic E-state index is 0.0230. The van der Waals surface area contributed by atoms with E-state index in [1.807, 2.05) is 6.92 Å². The number of benzene rings is 1. The Labute approximate surface area is 174 Å². The third-order valence-electron chi connectivity index (χ3n) is 4.67. The predicted octanol–water partition coefficient (Wildman–Crippen LogP) is -0.870. The molecule has 29 heavy (non-hydrogen) atoms. The summed E-state index contributed by atoms with van der Waals surface area (Å²) in [4.78, 5) is 13.9. The summed E-state index contributed by atoms with van der Waals surface area (Å²) < 4.78 is 28.6. The minimum atomic E-state index is -3.52. The molecule has 3 rings (SSSR count). The molecule has 4 N–H and O–H groups in total. The van der Waals surface area contributed by atoms with Crippen LogP contribution in [0, 0.1) is 0 Å². The molecule has 1 aromatic carbocycles. The van der Waals surface area contributed by atoms with Gasteiger partial charge in [-0.25, -0.2) is 8.42 Å². The van der Waals surface area contributed by atoms with Crippen LogP contribution in [0.4, 0.5) is 11.6 Å². The molecule has 12 heteroatoms. The van der Waals surface area contributed by atoms with Gasteiger partial charge in [0, 0.05) is 5.69 Å². The largest absolute Gasteiger partial charge is 0.368 e. The first-order chi connectivity index (χ1) is 13.8. The third-order valence-corrected chi connectivity index (χ3v) is 7.43. The molecule has 1 aliphatic rings. The van der Waals surface area contributed by atoms with Crippen molar-refractivity contribution in [3.8, 4) is 0 Å². The van der Waals surface area contributed by atoms with Crippen molar-refractivity contribution in [3.63, 3.8) is 0 Å². The van der Waals surface area contributed by atoms with Crippen LogP contribution in [-0.4, -0.2) is 72.4 Å². The number of aromatic nitrogens is 3. The van der Waals surface area contributed by atoms with Crippen LogP contribution in [0.2, 0.25) is 0 Å². The van der Waals surface area contributed by atoms with Crippen LogP contribution in [0.5, 0.6) is 0 Å². The van der Waals surface area contributed by atoms with E-state index in [1.165, 1.54) is 37.7 Å². The Balaban J connectivity index is 1.65. The molecule has 1 aliphatic heterocycles. The van der Waals surface area contributed by atoms with E-state index in [0.29, 0.717) is 23.9 Å². The third kappa shape index (κ3) is 5.07. The van der Waals surface area contributed by atoms with Gasteiger partial charge in [0.2, 0.25) is 21.9 Å². The Morgan fingerprint density at radius 2 is 1.90 bits per heavy atom. The molecule has 0 saturated carbocycles. The first-order valence-corrected chi connectivity index (χ1v) is 11.8. The van der Waals surface area contributed by atoms with Crippen molar-refractivity contribution in [3.05, 3.63) is 24.3 Å². The molecule has 10 nitrogen and oxygen atoms in total. The highest BCUT2D eigenvalue weighted by Gasteiger charge is 2.29. The van der Waals surface area contributed by atoms with Crippen LogP contribution < -0.4 is 16.0 Å². The lowest BCUT2D eigenvalue weighted by molar-refractivity contribution is -0.883. The van der Waals surface area contributed by atoms with E-state index in [9.17, 15) is 13.2 Å². The fourth-order valence-electron chi connectivity index (χ4n) is 3.00. The highest BCUT2D eigenvalue weighted by molar-refractivity contribution is 7.99. The van der Waals surface area contributed by atoms with E-state index < -0.39 is 10.0 Å². The summed E-state index contributed by atoms with van der Waals surface area (Å²) >= 11 is 1.45. The maximum Gasteiger partial charge on any atom is 0.244 e. The highest BCUT2D eigenvalue weighted by Crippen LogP contribution is 2.20. The summed E-state index contributed by atoms with van der Waals surface area (Å²) in [6, 6.07) is 6.20. The van der Waals surface area contributed by atoms with E-state index in [-0.39, 0.29) is 23.3 Å². The van der Waals surface area contributed by atoms with E-state index in [0.717, 1.165) is 18.8 Å². The number of sulfonamides is 1. The Morgan fingerprint density at radius 3 is 2.52 bits per heavy atom. The second kappa shape index (κ2) is 9.11. The summed E-state index contributed by atoms with van der Waals surface area (Å²) in [5, 5.41) is 11.1. The molecule has 2 heterocycles. The van der Waals surface area contributed by atoms with Crippen LogP contribution >= 0.6 is 11.8 Å². The number of hydrogen-bond donors (Lipinski definition) is 3.